The van der Waals surface area contributed by atoms with E-state index in [0.717, 1.165) is 18.4 Å². The van der Waals surface area contributed by atoms with Gasteiger partial charge in [-0.15, -0.1) is 0 Å². The molecule has 0 bridgehead atoms. The second kappa shape index (κ2) is 6.81. The molecule has 1 spiro atoms. The fourth-order valence-electron chi connectivity index (χ4n) is 3.57. The van der Waals surface area contributed by atoms with Crippen LogP contribution in [0.5, 0.6) is 0 Å². The van der Waals surface area contributed by atoms with Crippen LogP contribution in [0.15, 0.2) is 30.3 Å². The number of carbonyl (C=O) groups excluding carboxylic acids is 1. The molecule has 2 N–H and O–H groups in total. The number of hydrogen-bond donors (Lipinski definition) is 2. The summed E-state index contributed by atoms with van der Waals surface area (Å²) in [5.41, 5.74) is 0.526. The number of aliphatic hydroxyl groups is 1. The number of carbonyl (C=O) groups is 1. The Balaban J connectivity index is 1.51. The average Bonchev–Trinajstić information content (AvgIpc) is 2.55. The minimum Gasteiger partial charge on any atom is -0.392 e. The highest BCUT2D eigenvalue weighted by Gasteiger charge is 2.55. The lowest BCUT2D eigenvalue weighted by molar-refractivity contribution is -0.155. The SMILES string of the molecule is O=C(C/C=C/c1cccc(F)c1)N[C@@H]1C[C@@H](O)C12CCOCC2. The largest absolute Gasteiger partial charge is 0.392 e. The number of ether oxygens (including phenoxy) is 1. The molecule has 124 valence electrons. The van der Waals surface area contributed by atoms with Crippen LogP contribution in [0.1, 0.15) is 31.2 Å². The van der Waals surface area contributed by atoms with Crippen molar-refractivity contribution in [1.82, 2.24) is 5.32 Å². The van der Waals surface area contributed by atoms with Crippen molar-refractivity contribution in [2.75, 3.05) is 13.2 Å². The van der Waals surface area contributed by atoms with E-state index in [4.69, 9.17) is 4.74 Å². The van der Waals surface area contributed by atoms with Crippen molar-refractivity contribution in [3.63, 3.8) is 0 Å². The Hall–Kier alpha value is -1.72. The molecular weight excluding hydrogens is 297 g/mol. The first-order valence-electron chi connectivity index (χ1n) is 8.07. The quantitative estimate of drug-likeness (QED) is 0.895. The molecule has 0 unspecified atom stereocenters. The topological polar surface area (TPSA) is 58.6 Å². The van der Waals surface area contributed by atoms with Crippen LogP contribution in [-0.2, 0) is 9.53 Å². The molecule has 2 fully saturated rings. The summed E-state index contributed by atoms with van der Waals surface area (Å²) >= 11 is 0. The van der Waals surface area contributed by atoms with Gasteiger partial charge in [0.25, 0.3) is 0 Å². The number of halogens is 1. The summed E-state index contributed by atoms with van der Waals surface area (Å²) in [6, 6.07) is 6.26. The van der Waals surface area contributed by atoms with E-state index in [9.17, 15) is 14.3 Å². The van der Waals surface area contributed by atoms with Gasteiger partial charge in [0.2, 0.25) is 5.91 Å². The molecule has 1 heterocycles. The van der Waals surface area contributed by atoms with E-state index < -0.39 is 0 Å². The highest BCUT2D eigenvalue weighted by atomic mass is 19.1. The normalized spacial score (nSPS) is 26.2. The first kappa shape index (κ1) is 16.1. The fraction of sp³-hybridized carbons (Fsp3) is 0.500. The minimum atomic E-state index is -0.348. The van der Waals surface area contributed by atoms with Gasteiger partial charge in [-0.05, 0) is 37.0 Å². The van der Waals surface area contributed by atoms with Gasteiger partial charge in [-0.25, -0.2) is 4.39 Å². The third-order valence-corrected chi connectivity index (χ3v) is 5.04. The summed E-state index contributed by atoms with van der Waals surface area (Å²) < 4.78 is 18.4. The van der Waals surface area contributed by atoms with Crippen LogP contribution in [0.25, 0.3) is 6.08 Å². The number of rotatable bonds is 4. The summed E-state index contributed by atoms with van der Waals surface area (Å²) in [5, 5.41) is 13.1. The summed E-state index contributed by atoms with van der Waals surface area (Å²) in [7, 11) is 0. The van der Waals surface area contributed by atoms with Gasteiger partial charge in [0.1, 0.15) is 5.82 Å². The number of hydrogen-bond acceptors (Lipinski definition) is 3. The Morgan fingerprint density at radius 3 is 2.91 bits per heavy atom. The van der Waals surface area contributed by atoms with Crippen molar-refractivity contribution >= 4 is 12.0 Å². The van der Waals surface area contributed by atoms with Crippen molar-refractivity contribution in [2.24, 2.45) is 5.41 Å². The fourth-order valence-corrected chi connectivity index (χ4v) is 3.57. The van der Waals surface area contributed by atoms with Gasteiger partial charge in [0.05, 0.1) is 6.10 Å². The Kier molecular flexibility index (Phi) is 4.78. The van der Waals surface area contributed by atoms with Crippen LogP contribution < -0.4 is 5.32 Å². The van der Waals surface area contributed by atoms with Crippen molar-refractivity contribution < 1.29 is 19.0 Å². The zero-order valence-electron chi connectivity index (χ0n) is 13.0. The van der Waals surface area contributed by atoms with E-state index in [0.29, 0.717) is 19.6 Å². The Morgan fingerprint density at radius 2 is 2.22 bits per heavy atom. The van der Waals surface area contributed by atoms with E-state index >= 15 is 0 Å². The van der Waals surface area contributed by atoms with Gasteiger partial charge in [0, 0.05) is 31.1 Å². The maximum absolute atomic E-state index is 13.1. The van der Waals surface area contributed by atoms with E-state index in [1.54, 1.807) is 24.3 Å². The molecule has 3 rings (SSSR count). The summed E-state index contributed by atoms with van der Waals surface area (Å²) in [4.78, 5) is 12.1. The van der Waals surface area contributed by atoms with E-state index in [1.165, 1.54) is 12.1 Å². The summed E-state index contributed by atoms with van der Waals surface area (Å²) in [5.74, 6) is -0.359. The van der Waals surface area contributed by atoms with Gasteiger partial charge in [-0.1, -0.05) is 24.3 Å². The second-order valence-corrected chi connectivity index (χ2v) is 6.38. The smallest absolute Gasteiger partial charge is 0.224 e. The molecule has 1 saturated carbocycles. The number of benzene rings is 1. The third kappa shape index (κ3) is 3.46. The van der Waals surface area contributed by atoms with E-state index in [-0.39, 0.29) is 35.7 Å². The summed E-state index contributed by atoms with van der Waals surface area (Å²) in [6.45, 7) is 1.28. The first-order chi connectivity index (χ1) is 11.1. The summed E-state index contributed by atoms with van der Waals surface area (Å²) in [6.07, 6.45) is 5.56. The molecule has 1 aromatic carbocycles. The maximum atomic E-state index is 13.1. The van der Waals surface area contributed by atoms with Gasteiger partial charge < -0.3 is 15.2 Å². The van der Waals surface area contributed by atoms with E-state index in [1.807, 2.05) is 0 Å². The molecule has 1 saturated heterocycles. The lowest BCUT2D eigenvalue weighted by atomic mass is 9.58. The van der Waals surface area contributed by atoms with Crippen LogP contribution in [0.2, 0.25) is 0 Å². The first-order valence-corrected chi connectivity index (χ1v) is 8.07. The van der Waals surface area contributed by atoms with E-state index in [2.05, 4.69) is 5.32 Å². The standard InChI is InChI=1S/C18H22FNO3/c19-14-5-1-3-13(11-14)4-2-6-17(22)20-15-12-16(21)18(15)7-9-23-10-8-18/h1-5,11,15-16,21H,6-10,12H2,(H,20,22)/b4-2+/t15-,16-/m1/s1. The molecule has 23 heavy (non-hydrogen) atoms. The molecule has 0 radical (unpaired) electrons. The van der Waals surface area contributed by atoms with Crippen LogP contribution in [0.3, 0.4) is 0 Å². The van der Waals surface area contributed by atoms with Crippen molar-refractivity contribution in [3.8, 4) is 0 Å². The van der Waals surface area contributed by atoms with Gasteiger partial charge in [-0.3, -0.25) is 4.79 Å². The molecule has 2 aliphatic rings. The number of nitrogens with one attached hydrogen (secondary N) is 1. The van der Waals surface area contributed by atoms with Crippen LogP contribution >= 0.6 is 0 Å². The molecule has 2 atom stereocenters. The zero-order valence-corrected chi connectivity index (χ0v) is 13.0. The van der Waals surface area contributed by atoms with Crippen LogP contribution in [0.4, 0.5) is 4.39 Å². The van der Waals surface area contributed by atoms with Crippen LogP contribution in [-0.4, -0.2) is 36.4 Å². The second-order valence-electron chi connectivity index (χ2n) is 6.38. The van der Waals surface area contributed by atoms with Crippen LogP contribution in [0, 0.1) is 11.2 Å². The predicted octanol–water partition coefficient (Wildman–Crippen LogP) is 2.28. The van der Waals surface area contributed by atoms with Gasteiger partial charge >= 0.3 is 0 Å². The molecule has 1 aliphatic carbocycles. The van der Waals surface area contributed by atoms with Crippen molar-refractivity contribution in [2.45, 2.75) is 37.8 Å². The highest BCUT2D eigenvalue weighted by molar-refractivity contribution is 5.79. The Bertz CT molecular complexity index is 596. The molecule has 0 aromatic heterocycles. The molecule has 4 nitrogen and oxygen atoms in total. The minimum absolute atomic E-state index is 0.0245. The molecule has 5 heteroatoms. The maximum Gasteiger partial charge on any atom is 0.224 e. The molecule has 1 aromatic rings. The predicted molar refractivity (Wildman–Crippen MR) is 85.1 cm³/mol. The number of aliphatic hydroxyl groups excluding tert-OH is 1. The third-order valence-electron chi connectivity index (χ3n) is 5.04. The average molecular weight is 319 g/mol. The Morgan fingerprint density at radius 1 is 1.43 bits per heavy atom. The lowest BCUT2D eigenvalue weighted by Crippen LogP contribution is -2.65. The molecular formula is C18H22FNO3. The zero-order chi connectivity index (χ0) is 16.3. The Labute approximate surface area is 135 Å². The molecule has 1 amide bonds. The van der Waals surface area contributed by atoms with Crippen molar-refractivity contribution in [1.29, 1.82) is 0 Å². The van der Waals surface area contributed by atoms with Gasteiger partial charge in [0.15, 0.2) is 0 Å². The monoisotopic (exact) mass is 319 g/mol. The van der Waals surface area contributed by atoms with Crippen molar-refractivity contribution in [3.05, 3.63) is 41.7 Å². The molecule has 1 aliphatic heterocycles. The number of amides is 1. The van der Waals surface area contributed by atoms with Gasteiger partial charge in [-0.2, -0.15) is 0 Å². The highest BCUT2D eigenvalue weighted by Crippen LogP contribution is 2.48. The lowest BCUT2D eigenvalue weighted by Gasteiger charge is -2.55.